The zero-order valence-corrected chi connectivity index (χ0v) is 19.0. The number of carbonyl (C=O) groups excluding carboxylic acids is 2. The van der Waals surface area contributed by atoms with Crippen molar-refractivity contribution in [3.8, 4) is 0 Å². The first-order valence-corrected chi connectivity index (χ1v) is 11.8. The average Bonchev–Trinajstić information content (AvgIpc) is 3.05. The summed E-state index contributed by atoms with van der Waals surface area (Å²) in [6.45, 7) is 6.52. The number of urea groups is 1. The van der Waals surface area contributed by atoms with Crippen molar-refractivity contribution >= 4 is 45.3 Å². The van der Waals surface area contributed by atoms with E-state index in [2.05, 4.69) is 24.5 Å². The Hall–Kier alpha value is -1.87. The lowest BCUT2D eigenvalue weighted by molar-refractivity contribution is -0.119. The Morgan fingerprint density at radius 1 is 1.24 bits per heavy atom. The Kier molecular flexibility index (Phi) is 7.00. The normalized spacial score (nSPS) is 14.7. The van der Waals surface area contributed by atoms with E-state index in [0.29, 0.717) is 17.6 Å². The molecule has 158 valence electrons. The van der Waals surface area contributed by atoms with Crippen molar-refractivity contribution in [1.29, 1.82) is 0 Å². The number of thioether (sulfide) groups is 1. The molecule has 0 saturated carbocycles. The number of aromatic nitrogens is 2. The third-order valence-electron chi connectivity index (χ3n) is 5.09. The van der Waals surface area contributed by atoms with Crippen molar-refractivity contribution in [3.63, 3.8) is 0 Å². The summed E-state index contributed by atoms with van der Waals surface area (Å²) in [7, 11) is 1.46. The smallest absolute Gasteiger partial charge is 0.321 e. The van der Waals surface area contributed by atoms with Crippen molar-refractivity contribution in [2.75, 3.05) is 7.05 Å². The molecule has 1 atom stereocenters. The molecular weight excluding hydrogens is 408 g/mol. The number of fused-ring (bicyclic) bond motifs is 3. The van der Waals surface area contributed by atoms with Gasteiger partial charge in [0.25, 0.3) is 5.56 Å². The molecule has 0 saturated heterocycles. The first-order valence-electron chi connectivity index (χ1n) is 10.1. The third-order valence-corrected chi connectivity index (χ3v) is 7.36. The van der Waals surface area contributed by atoms with E-state index >= 15 is 0 Å². The van der Waals surface area contributed by atoms with E-state index in [1.807, 2.05) is 0 Å². The second-order valence-corrected chi connectivity index (χ2v) is 10.1. The van der Waals surface area contributed by atoms with E-state index in [-0.39, 0.29) is 5.56 Å². The summed E-state index contributed by atoms with van der Waals surface area (Å²) in [5.74, 6) is 0.0328. The molecule has 1 aliphatic rings. The number of nitrogens with zero attached hydrogens (tertiary/aromatic N) is 2. The van der Waals surface area contributed by atoms with Crippen LogP contribution in [0.4, 0.5) is 4.79 Å². The van der Waals surface area contributed by atoms with Gasteiger partial charge in [0.15, 0.2) is 5.16 Å². The van der Waals surface area contributed by atoms with Gasteiger partial charge in [0.05, 0.1) is 10.6 Å². The van der Waals surface area contributed by atoms with Gasteiger partial charge in [-0.25, -0.2) is 9.78 Å². The SMILES string of the molecule is CNC(=O)NC(=O)C(C)Sc1nc2sc3c(c2c(=O)n1CCC(C)C)CCCC3. The van der Waals surface area contributed by atoms with Gasteiger partial charge < -0.3 is 5.32 Å². The molecular formula is C20H28N4O3S2. The van der Waals surface area contributed by atoms with Crippen molar-refractivity contribution < 1.29 is 9.59 Å². The first kappa shape index (κ1) is 21.8. The lowest BCUT2D eigenvalue weighted by atomic mass is 9.97. The second-order valence-electron chi connectivity index (χ2n) is 7.75. The second kappa shape index (κ2) is 9.30. The molecule has 2 aromatic rings. The lowest BCUT2D eigenvalue weighted by Crippen LogP contribution is -2.41. The summed E-state index contributed by atoms with van der Waals surface area (Å²) < 4.78 is 1.72. The van der Waals surface area contributed by atoms with E-state index in [1.54, 1.807) is 22.8 Å². The van der Waals surface area contributed by atoms with Crippen LogP contribution in [-0.2, 0) is 24.2 Å². The van der Waals surface area contributed by atoms with Crippen LogP contribution >= 0.6 is 23.1 Å². The molecule has 0 radical (unpaired) electrons. The Morgan fingerprint density at radius 2 is 1.97 bits per heavy atom. The molecule has 0 bridgehead atoms. The Bertz CT molecular complexity index is 980. The van der Waals surface area contributed by atoms with Gasteiger partial charge in [-0.15, -0.1) is 11.3 Å². The topological polar surface area (TPSA) is 93.1 Å². The standard InChI is InChI=1S/C20H28N4O3S2/c1-11(2)9-10-24-18(26)15-13-7-5-6-8-14(13)29-17(15)23-20(24)28-12(3)16(25)22-19(27)21-4/h11-12H,5-10H2,1-4H3,(H2,21,22,25,27). The zero-order chi connectivity index (χ0) is 21.1. The maximum Gasteiger partial charge on any atom is 0.321 e. The predicted octanol–water partition coefficient (Wildman–Crippen LogP) is 3.32. The molecule has 29 heavy (non-hydrogen) atoms. The third kappa shape index (κ3) is 4.83. The number of amides is 3. The number of rotatable bonds is 6. The maximum absolute atomic E-state index is 13.4. The molecule has 2 N–H and O–H groups in total. The summed E-state index contributed by atoms with van der Waals surface area (Å²) in [5.41, 5.74) is 1.17. The molecule has 3 rings (SSSR count). The highest BCUT2D eigenvalue weighted by atomic mass is 32.2. The van der Waals surface area contributed by atoms with Gasteiger partial charge in [0.1, 0.15) is 4.83 Å². The van der Waals surface area contributed by atoms with E-state index in [4.69, 9.17) is 4.98 Å². The van der Waals surface area contributed by atoms with Crippen LogP contribution < -0.4 is 16.2 Å². The number of thiophene rings is 1. The van der Waals surface area contributed by atoms with Crippen molar-refractivity contribution in [1.82, 2.24) is 20.2 Å². The van der Waals surface area contributed by atoms with Gasteiger partial charge >= 0.3 is 6.03 Å². The van der Waals surface area contributed by atoms with Gasteiger partial charge in [-0.2, -0.15) is 0 Å². The van der Waals surface area contributed by atoms with Crippen LogP contribution in [0, 0.1) is 5.92 Å². The van der Waals surface area contributed by atoms with E-state index in [1.165, 1.54) is 29.3 Å². The van der Waals surface area contributed by atoms with Crippen LogP contribution in [0.5, 0.6) is 0 Å². The van der Waals surface area contributed by atoms with Crippen LogP contribution in [0.1, 0.15) is 50.5 Å². The van der Waals surface area contributed by atoms with Crippen molar-refractivity contribution in [2.45, 2.75) is 69.8 Å². The fourth-order valence-corrected chi connectivity index (χ4v) is 5.62. The van der Waals surface area contributed by atoms with Crippen LogP contribution in [0.25, 0.3) is 10.2 Å². The van der Waals surface area contributed by atoms with Crippen molar-refractivity contribution in [2.24, 2.45) is 5.92 Å². The summed E-state index contributed by atoms with van der Waals surface area (Å²) in [5, 5.41) is 5.41. The van der Waals surface area contributed by atoms with E-state index in [9.17, 15) is 14.4 Å². The minimum absolute atomic E-state index is 0.00328. The maximum atomic E-state index is 13.4. The quantitative estimate of drug-likeness (QED) is 0.535. The van der Waals surface area contributed by atoms with Crippen LogP contribution in [0.3, 0.4) is 0 Å². The summed E-state index contributed by atoms with van der Waals surface area (Å²) in [6.07, 6.45) is 5.06. The number of imide groups is 1. The molecule has 7 nitrogen and oxygen atoms in total. The molecule has 3 amide bonds. The summed E-state index contributed by atoms with van der Waals surface area (Å²) >= 11 is 2.83. The molecule has 0 aromatic carbocycles. The highest BCUT2D eigenvalue weighted by Gasteiger charge is 2.25. The predicted molar refractivity (Wildman–Crippen MR) is 118 cm³/mol. The van der Waals surface area contributed by atoms with Crippen LogP contribution in [0.15, 0.2) is 9.95 Å². The lowest BCUT2D eigenvalue weighted by Gasteiger charge is -2.16. The molecule has 2 heterocycles. The largest absolute Gasteiger partial charge is 0.341 e. The van der Waals surface area contributed by atoms with Crippen LogP contribution in [-0.4, -0.2) is 33.8 Å². The highest BCUT2D eigenvalue weighted by molar-refractivity contribution is 8.00. The number of hydrogen-bond donors (Lipinski definition) is 2. The molecule has 1 aliphatic carbocycles. The fourth-order valence-electron chi connectivity index (χ4n) is 3.38. The monoisotopic (exact) mass is 436 g/mol. The van der Waals surface area contributed by atoms with Gasteiger partial charge in [-0.3, -0.25) is 19.5 Å². The van der Waals surface area contributed by atoms with Gasteiger partial charge in [0, 0.05) is 18.5 Å². The van der Waals surface area contributed by atoms with E-state index in [0.717, 1.165) is 42.3 Å². The number of hydrogen-bond acceptors (Lipinski definition) is 6. The fraction of sp³-hybridized carbons (Fsp3) is 0.600. The van der Waals surface area contributed by atoms with Gasteiger partial charge in [-0.1, -0.05) is 25.6 Å². The van der Waals surface area contributed by atoms with Gasteiger partial charge in [-0.05, 0) is 50.5 Å². The molecule has 0 aliphatic heterocycles. The first-order chi connectivity index (χ1) is 13.8. The number of carbonyl (C=O) groups is 2. The Morgan fingerprint density at radius 3 is 2.66 bits per heavy atom. The van der Waals surface area contributed by atoms with Crippen LogP contribution in [0.2, 0.25) is 0 Å². The number of aryl methyl sites for hydroxylation is 2. The summed E-state index contributed by atoms with van der Waals surface area (Å²) in [4.78, 5) is 44.0. The molecule has 2 aromatic heterocycles. The average molecular weight is 437 g/mol. The zero-order valence-electron chi connectivity index (χ0n) is 17.3. The van der Waals surface area contributed by atoms with E-state index < -0.39 is 17.2 Å². The molecule has 0 spiro atoms. The summed E-state index contributed by atoms with van der Waals surface area (Å²) in [6, 6.07) is -0.547. The minimum Gasteiger partial charge on any atom is -0.341 e. The molecule has 1 unspecified atom stereocenters. The Labute approximate surface area is 178 Å². The minimum atomic E-state index is -0.559. The molecule has 0 fully saturated rings. The molecule has 9 heteroatoms. The number of nitrogens with one attached hydrogen (secondary N) is 2. The van der Waals surface area contributed by atoms with Crippen molar-refractivity contribution in [3.05, 3.63) is 20.8 Å². The Balaban J connectivity index is 2.00. The highest BCUT2D eigenvalue weighted by Crippen LogP contribution is 2.35. The van der Waals surface area contributed by atoms with Gasteiger partial charge in [0.2, 0.25) is 5.91 Å².